The molecule has 0 fully saturated rings. The van der Waals surface area contributed by atoms with Crippen molar-refractivity contribution in [2.75, 3.05) is 18.2 Å². The molecule has 5 nitrogen and oxygen atoms in total. The van der Waals surface area contributed by atoms with Crippen LogP contribution >= 0.6 is 11.8 Å². The first-order valence-electron chi connectivity index (χ1n) is 8.24. The summed E-state index contributed by atoms with van der Waals surface area (Å²) in [5, 5.41) is 3.64. The number of rotatable bonds is 6. The smallest absolute Gasteiger partial charge is 0.234 e. The van der Waals surface area contributed by atoms with Crippen molar-refractivity contribution >= 4 is 23.4 Å². The van der Waals surface area contributed by atoms with E-state index in [2.05, 4.69) is 21.4 Å². The molecule has 2 N–H and O–H groups in total. The molecular formula is C20H21N3O2S. The number of nitrogens with one attached hydrogen (secondary N) is 2. The lowest BCUT2D eigenvalue weighted by atomic mass is 10.1. The van der Waals surface area contributed by atoms with Gasteiger partial charge in [0.2, 0.25) is 5.91 Å². The number of H-pyrrole nitrogens is 1. The first-order chi connectivity index (χ1) is 12.5. The van der Waals surface area contributed by atoms with Gasteiger partial charge in [0.1, 0.15) is 5.75 Å². The van der Waals surface area contributed by atoms with Crippen LogP contribution in [0.3, 0.4) is 0 Å². The zero-order valence-electron chi connectivity index (χ0n) is 15.0. The van der Waals surface area contributed by atoms with Crippen molar-refractivity contribution in [2.45, 2.75) is 19.0 Å². The summed E-state index contributed by atoms with van der Waals surface area (Å²) in [5.41, 5.74) is 5.01. The molecule has 0 atom stereocenters. The highest BCUT2D eigenvalue weighted by atomic mass is 32.2. The molecule has 0 aliphatic heterocycles. The molecule has 1 amide bonds. The third-order valence-electron chi connectivity index (χ3n) is 3.80. The minimum absolute atomic E-state index is 0.0533. The van der Waals surface area contributed by atoms with Crippen molar-refractivity contribution in [3.05, 3.63) is 59.8 Å². The fourth-order valence-corrected chi connectivity index (χ4v) is 3.32. The van der Waals surface area contributed by atoms with Gasteiger partial charge in [-0.3, -0.25) is 4.79 Å². The number of imidazole rings is 1. The minimum Gasteiger partial charge on any atom is -0.497 e. The van der Waals surface area contributed by atoms with E-state index < -0.39 is 0 Å². The van der Waals surface area contributed by atoms with Crippen LogP contribution in [0.25, 0.3) is 11.3 Å². The molecule has 2 aromatic carbocycles. The average Bonchev–Trinajstić information content (AvgIpc) is 3.08. The molecule has 1 heterocycles. The number of aromatic nitrogens is 2. The van der Waals surface area contributed by atoms with Gasteiger partial charge in [-0.25, -0.2) is 4.98 Å². The number of ether oxygens (including phenoxy) is 1. The SMILES string of the molecule is COc1ccc(-c2cnc(SCC(=O)Nc3cc(C)cc(C)c3)[nH]2)cc1. The van der Waals surface area contributed by atoms with Crippen LogP contribution in [0.4, 0.5) is 5.69 Å². The molecule has 1 aromatic heterocycles. The Kier molecular flexibility index (Phi) is 5.63. The molecule has 6 heteroatoms. The summed E-state index contributed by atoms with van der Waals surface area (Å²) < 4.78 is 5.16. The number of hydrogen-bond acceptors (Lipinski definition) is 4. The monoisotopic (exact) mass is 367 g/mol. The fraction of sp³-hybridized carbons (Fsp3) is 0.200. The van der Waals surface area contributed by atoms with Crippen molar-refractivity contribution in [2.24, 2.45) is 0 Å². The lowest BCUT2D eigenvalue weighted by Crippen LogP contribution is -2.14. The second-order valence-electron chi connectivity index (χ2n) is 6.04. The molecule has 0 saturated heterocycles. The van der Waals surface area contributed by atoms with Crippen LogP contribution in [-0.2, 0) is 4.79 Å². The van der Waals surface area contributed by atoms with Crippen LogP contribution in [-0.4, -0.2) is 28.7 Å². The molecule has 26 heavy (non-hydrogen) atoms. The van der Waals surface area contributed by atoms with E-state index >= 15 is 0 Å². The second-order valence-corrected chi connectivity index (χ2v) is 7.01. The van der Waals surface area contributed by atoms with E-state index in [1.807, 2.05) is 50.2 Å². The van der Waals surface area contributed by atoms with Crippen molar-refractivity contribution in [3.63, 3.8) is 0 Å². The average molecular weight is 367 g/mol. The molecule has 0 bridgehead atoms. The van der Waals surface area contributed by atoms with Crippen molar-refractivity contribution < 1.29 is 9.53 Å². The molecule has 3 rings (SSSR count). The number of thioether (sulfide) groups is 1. The van der Waals surface area contributed by atoms with Gasteiger partial charge in [-0.1, -0.05) is 17.8 Å². The molecule has 0 spiro atoms. The van der Waals surface area contributed by atoms with E-state index in [0.29, 0.717) is 10.9 Å². The van der Waals surface area contributed by atoms with Gasteiger partial charge in [0, 0.05) is 5.69 Å². The zero-order chi connectivity index (χ0) is 18.5. The van der Waals surface area contributed by atoms with Crippen LogP contribution in [0.5, 0.6) is 5.75 Å². The predicted molar refractivity (Wildman–Crippen MR) is 106 cm³/mol. The second kappa shape index (κ2) is 8.10. The summed E-state index contributed by atoms with van der Waals surface area (Å²) in [6.07, 6.45) is 1.77. The molecule has 0 aliphatic carbocycles. The maximum Gasteiger partial charge on any atom is 0.234 e. The summed E-state index contributed by atoms with van der Waals surface area (Å²) in [4.78, 5) is 19.7. The molecule has 134 valence electrons. The third kappa shape index (κ3) is 4.67. The zero-order valence-corrected chi connectivity index (χ0v) is 15.8. The van der Waals surface area contributed by atoms with Gasteiger partial charge in [-0.2, -0.15) is 0 Å². The Morgan fingerprint density at radius 3 is 2.50 bits per heavy atom. The maximum atomic E-state index is 12.2. The number of benzene rings is 2. The van der Waals surface area contributed by atoms with Crippen LogP contribution in [0.15, 0.2) is 53.8 Å². The first-order valence-corrected chi connectivity index (χ1v) is 9.22. The van der Waals surface area contributed by atoms with E-state index in [1.54, 1.807) is 13.3 Å². The van der Waals surface area contributed by atoms with Crippen LogP contribution < -0.4 is 10.1 Å². The number of methoxy groups -OCH3 is 1. The fourth-order valence-electron chi connectivity index (χ4n) is 2.67. The van der Waals surface area contributed by atoms with Gasteiger partial charge in [0.05, 0.1) is 24.8 Å². The molecule has 0 saturated carbocycles. The number of amides is 1. The third-order valence-corrected chi connectivity index (χ3v) is 4.69. The van der Waals surface area contributed by atoms with Crippen LogP contribution in [0.2, 0.25) is 0 Å². The first kappa shape index (κ1) is 18.1. The number of carbonyl (C=O) groups excluding carboxylic acids is 1. The quantitative estimate of drug-likeness (QED) is 0.633. The summed E-state index contributed by atoms with van der Waals surface area (Å²) in [6.45, 7) is 4.03. The summed E-state index contributed by atoms with van der Waals surface area (Å²) >= 11 is 1.38. The lowest BCUT2D eigenvalue weighted by molar-refractivity contribution is -0.113. The minimum atomic E-state index is -0.0533. The van der Waals surface area contributed by atoms with Crippen LogP contribution in [0, 0.1) is 13.8 Å². The van der Waals surface area contributed by atoms with Gasteiger partial charge in [0.25, 0.3) is 0 Å². The lowest BCUT2D eigenvalue weighted by Gasteiger charge is -2.07. The molecule has 0 radical (unpaired) electrons. The Labute approximate surface area is 157 Å². The number of hydrogen-bond donors (Lipinski definition) is 2. The van der Waals surface area contributed by atoms with Crippen molar-refractivity contribution in [3.8, 4) is 17.0 Å². The summed E-state index contributed by atoms with van der Waals surface area (Å²) in [5.74, 6) is 1.05. The standard InChI is InChI=1S/C20H21N3O2S/c1-13-8-14(2)10-16(9-13)22-19(24)12-26-20-21-11-18(23-20)15-4-6-17(25-3)7-5-15/h4-11H,12H2,1-3H3,(H,21,23)(H,22,24). The number of nitrogens with zero attached hydrogens (tertiary/aromatic N) is 1. The summed E-state index contributed by atoms with van der Waals surface area (Å²) in [7, 11) is 1.64. The highest BCUT2D eigenvalue weighted by Crippen LogP contribution is 2.23. The van der Waals surface area contributed by atoms with Crippen LogP contribution in [0.1, 0.15) is 11.1 Å². The Hall–Kier alpha value is -2.73. The number of aryl methyl sites for hydroxylation is 2. The van der Waals surface area contributed by atoms with E-state index in [-0.39, 0.29) is 5.91 Å². The predicted octanol–water partition coefficient (Wildman–Crippen LogP) is 4.43. The molecule has 0 aliphatic rings. The van der Waals surface area contributed by atoms with Crippen molar-refractivity contribution in [1.82, 2.24) is 9.97 Å². The topological polar surface area (TPSA) is 67.0 Å². The van der Waals surface area contributed by atoms with Crippen molar-refractivity contribution in [1.29, 1.82) is 0 Å². The number of anilines is 1. The largest absolute Gasteiger partial charge is 0.497 e. The number of carbonyl (C=O) groups is 1. The Morgan fingerprint density at radius 2 is 1.85 bits per heavy atom. The Balaban J connectivity index is 1.57. The van der Waals surface area contributed by atoms with Gasteiger partial charge < -0.3 is 15.0 Å². The van der Waals surface area contributed by atoms with E-state index in [4.69, 9.17) is 4.74 Å². The van der Waals surface area contributed by atoms with E-state index in [1.165, 1.54) is 11.8 Å². The molecular weight excluding hydrogens is 346 g/mol. The normalized spacial score (nSPS) is 10.6. The highest BCUT2D eigenvalue weighted by molar-refractivity contribution is 7.99. The van der Waals surface area contributed by atoms with Gasteiger partial charge in [0.15, 0.2) is 5.16 Å². The Morgan fingerprint density at radius 1 is 1.15 bits per heavy atom. The maximum absolute atomic E-state index is 12.2. The molecule has 0 unspecified atom stereocenters. The van der Waals surface area contributed by atoms with Gasteiger partial charge in [-0.05, 0) is 66.9 Å². The van der Waals surface area contributed by atoms with Gasteiger partial charge >= 0.3 is 0 Å². The Bertz CT molecular complexity index is 883. The van der Waals surface area contributed by atoms with E-state index in [9.17, 15) is 4.79 Å². The number of aromatic amines is 1. The summed E-state index contributed by atoms with van der Waals surface area (Å²) in [6, 6.07) is 13.7. The van der Waals surface area contributed by atoms with Gasteiger partial charge in [-0.15, -0.1) is 0 Å². The molecule has 3 aromatic rings. The highest BCUT2D eigenvalue weighted by Gasteiger charge is 2.08. The van der Waals surface area contributed by atoms with E-state index in [0.717, 1.165) is 33.8 Å².